The lowest BCUT2D eigenvalue weighted by Gasteiger charge is -1.95. The number of benzene rings is 1. The molecule has 0 aliphatic rings. The second-order valence-corrected chi connectivity index (χ2v) is 2.43. The number of hydrogen-bond donors (Lipinski definition) is 0. The lowest BCUT2D eigenvalue weighted by molar-refractivity contribution is 1.45. The van der Waals surface area contributed by atoms with Gasteiger partial charge in [-0.1, -0.05) is 54.0 Å². The zero-order valence-electron chi connectivity index (χ0n) is 7.34. The lowest BCUT2D eigenvalue weighted by atomic mass is 10.2. The minimum Gasteiger partial charge on any atom is -0.238 e. The molecule has 1 aromatic carbocycles. The Labute approximate surface area is 82.4 Å². The number of hydrogen-bond acceptors (Lipinski definition) is 0. The van der Waals surface area contributed by atoms with Crippen LogP contribution in [0.3, 0.4) is 0 Å². The Hall–Kier alpha value is -0.810. The molecular formula is C10H12BrN. The summed E-state index contributed by atoms with van der Waals surface area (Å²) in [6.45, 7) is 10.8. The van der Waals surface area contributed by atoms with Gasteiger partial charge in [-0.2, -0.15) is 0 Å². The van der Waals surface area contributed by atoms with E-state index in [4.69, 9.17) is 6.57 Å². The minimum absolute atomic E-state index is 0.736. The van der Waals surface area contributed by atoms with Crippen molar-refractivity contribution in [1.82, 2.24) is 0 Å². The molecule has 0 saturated carbocycles. The molecule has 64 valence electrons. The zero-order valence-corrected chi connectivity index (χ0v) is 8.93. The Morgan fingerprint density at radius 3 is 2.33 bits per heavy atom. The van der Waals surface area contributed by atoms with Crippen LogP contribution in [0.25, 0.3) is 4.85 Å². The van der Waals surface area contributed by atoms with Gasteiger partial charge in [0.05, 0.1) is 6.57 Å². The lowest BCUT2D eigenvalue weighted by Crippen LogP contribution is -1.74. The summed E-state index contributed by atoms with van der Waals surface area (Å²) >= 11 is 3.31. The quantitative estimate of drug-likeness (QED) is 0.500. The predicted molar refractivity (Wildman–Crippen MR) is 56.7 cm³/mol. The van der Waals surface area contributed by atoms with Crippen molar-refractivity contribution < 1.29 is 0 Å². The molecule has 0 fully saturated rings. The number of para-hydroxylation sites is 1. The first kappa shape index (κ1) is 11.2. The topological polar surface area (TPSA) is 4.36 Å². The Kier molecular flexibility index (Phi) is 6.41. The maximum Gasteiger partial charge on any atom is 0.191 e. The Bertz CT molecular complexity index is 263. The van der Waals surface area contributed by atoms with Gasteiger partial charge in [-0.25, -0.2) is 4.85 Å². The van der Waals surface area contributed by atoms with Crippen molar-refractivity contribution in [2.24, 2.45) is 0 Å². The molecule has 0 heterocycles. The molecule has 0 bridgehead atoms. The number of nitrogens with zero attached hydrogens (tertiary/aromatic N) is 1. The zero-order chi connectivity index (χ0) is 9.40. The monoisotopic (exact) mass is 225 g/mol. The van der Waals surface area contributed by atoms with Gasteiger partial charge < -0.3 is 0 Å². The van der Waals surface area contributed by atoms with E-state index < -0.39 is 0 Å². The fraction of sp³-hybridized carbons (Fsp3) is 0.300. The van der Waals surface area contributed by atoms with E-state index in [1.54, 1.807) is 0 Å². The summed E-state index contributed by atoms with van der Waals surface area (Å²) < 4.78 is 0. The van der Waals surface area contributed by atoms with E-state index in [2.05, 4.69) is 20.8 Å². The molecule has 1 nitrogen and oxygen atoms in total. The van der Waals surface area contributed by atoms with Crippen LogP contribution in [0.2, 0.25) is 0 Å². The first-order valence-electron chi connectivity index (χ1n) is 3.90. The molecule has 1 aromatic rings. The summed E-state index contributed by atoms with van der Waals surface area (Å²) in [7, 11) is 0. The molecule has 0 radical (unpaired) electrons. The Morgan fingerprint density at radius 2 is 1.92 bits per heavy atom. The van der Waals surface area contributed by atoms with Gasteiger partial charge in [0.1, 0.15) is 0 Å². The largest absolute Gasteiger partial charge is 0.238 e. The number of halogens is 1. The summed E-state index contributed by atoms with van der Waals surface area (Å²) in [5.41, 5.74) is 1.79. The highest BCUT2D eigenvalue weighted by Gasteiger charge is 1.95. The molecule has 0 saturated heterocycles. The molecule has 0 aromatic heterocycles. The van der Waals surface area contributed by atoms with Crippen molar-refractivity contribution in [3.63, 3.8) is 0 Å². The van der Waals surface area contributed by atoms with Crippen molar-refractivity contribution in [1.29, 1.82) is 0 Å². The molecule has 0 N–H and O–H groups in total. The summed E-state index contributed by atoms with van der Waals surface area (Å²) in [5, 5.41) is 0.756. The first-order chi connectivity index (χ1) is 5.88. The average Bonchev–Trinajstić information content (AvgIpc) is 2.20. The summed E-state index contributed by atoms with van der Waals surface area (Å²) in [4.78, 5) is 3.36. The van der Waals surface area contributed by atoms with E-state index in [-0.39, 0.29) is 0 Å². The van der Waals surface area contributed by atoms with Crippen LogP contribution in [-0.2, 0) is 5.33 Å². The van der Waals surface area contributed by atoms with Gasteiger partial charge in [-0.3, -0.25) is 0 Å². The molecule has 0 amide bonds. The second-order valence-electron chi connectivity index (χ2n) is 1.87. The van der Waals surface area contributed by atoms with Crippen LogP contribution in [0.15, 0.2) is 24.3 Å². The molecule has 0 atom stereocenters. The molecule has 1 rings (SSSR count). The van der Waals surface area contributed by atoms with Crippen molar-refractivity contribution in [3.05, 3.63) is 41.2 Å². The summed E-state index contributed by atoms with van der Waals surface area (Å²) in [6.07, 6.45) is 0. The highest BCUT2D eigenvalue weighted by Crippen LogP contribution is 2.20. The van der Waals surface area contributed by atoms with E-state index in [1.807, 2.05) is 38.1 Å². The van der Waals surface area contributed by atoms with Crippen LogP contribution < -0.4 is 0 Å². The van der Waals surface area contributed by atoms with Gasteiger partial charge in [-0.05, 0) is 5.56 Å². The number of alkyl halides is 1. The average molecular weight is 226 g/mol. The second kappa shape index (κ2) is 6.87. The maximum absolute atomic E-state index is 6.79. The van der Waals surface area contributed by atoms with Gasteiger partial charge in [0.25, 0.3) is 0 Å². The van der Waals surface area contributed by atoms with Gasteiger partial charge in [0, 0.05) is 5.33 Å². The van der Waals surface area contributed by atoms with Crippen molar-refractivity contribution in [2.75, 3.05) is 0 Å². The van der Waals surface area contributed by atoms with Gasteiger partial charge in [-0.15, -0.1) is 0 Å². The van der Waals surface area contributed by atoms with Crippen molar-refractivity contribution in [2.45, 2.75) is 19.2 Å². The minimum atomic E-state index is 0.736. The fourth-order valence-electron chi connectivity index (χ4n) is 0.733. The molecule has 2 heteroatoms. The van der Waals surface area contributed by atoms with Crippen LogP contribution in [0.5, 0.6) is 0 Å². The Balaban J connectivity index is 0.000000561. The van der Waals surface area contributed by atoms with Crippen LogP contribution in [-0.4, -0.2) is 0 Å². The molecule has 0 aliphatic heterocycles. The van der Waals surface area contributed by atoms with Crippen LogP contribution in [0, 0.1) is 6.57 Å². The molecular weight excluding hydrogens is 214 g/mol. The van der Waals surface area contributed by atoms with E-state index in [0.29, 0.717) is 0 Å². The standard InChI is InChI=1S/C8H6BrN.C2H6/c1-10-8-5-3-2-4-7(8)6-9;1-2/h2-5H,6H2;1-2H3. The van der Waals surface area contributed by atoms with Crippen LogP contribution in [0.1, 0.15) is 19.4 Å². The highest BCUT2D eigenvalue weighted by molar-refractivity contribution is 9.08. The highest BCUT2D eigenvalue weighted by atomic mass is 79.9. The van der Waals surface area contributed by atoms with Gasteiger partial charge in [0.2, 0.25) is 0 Å². The third kappa shape index (κ3) is 3.06. The molecule has 0 aliphatic carbocycles. The number of rotatable bonds is 1. The Morgan fingerprint density at radius 1 is 1.33 bits per heavy atom. The van der Waals surface area contributed by atoms with Crippen LogP contribution >= 0.6 is 15.9 Å². The van der Waals surface area contributed by atoms with Crippen molar-refractivity contribution >= 4 is 21.6 Å². The smallest absolute Gasteiger partial charge is 0.191 e. The SMILES string of the molecule is CC.[C-]#[N+]c1ccccc1CBr. The molecule has 0 unspecified atom stereocenters. The van der Waals surface area contributed by atoms with E-state index >= 15 is 0 Å². The normalized spacial score (nSPS) is 7.83. The van der Waals surface area contributed by atoms with Gasteiger partial charge in [0.15, 0.2) is 5.69 Å². The summed E-state index contributed by atoms with van der Waals surface area (Å²) in [6, 6.07) is 7.58. The first-order valence-corrected chi connectivity index (χ1v) is 5.02. The van der Waals surface area contributed by atoms with Gasteiger partial charge >= 0.3 is 0 Å². The van der Waals surface area contributed by atoms with Crippen LogP contribution in [0.4, 0.5) is 5.69 Å². The molecule has 12 heavy (non-hydrogen) atoms. The fourth-order valence-corrected chi connectivity index (χ4v) is 1.21. The summed E-state index contributed by atoms with van der Waals surface area (Å²) in [5.74, 6) is 0. The maximum atomic E-state index is 6.79. The van der Waals surface area contributed by atoms with E-state index in [9.17, 15) is 0 Å². The third-order valence-electron chi connectivity index (χ3n) is 1.26. The van der Waals surface area contributed by atoms with E-state index in [1.165, 1.54) is 0 Å². The van der Waals surface area contributed by atoms with E-state index in [0.717, 1.165) is 16.6 Å². The van der Waals surface area contributed by atoms with Crippen molar-refractivity contribution in [3.8, 4) is 0 Å². The predicted octanol–water partition coefficient (Wildman–Crippen LogP) is 4.16. The third-order valence-corrected chi connectivity index (χ3v) is 1.86. The molecule has 0 spiro atoms.